The molecule has 0 aliphatic rings. The third-order valence-corrected chi connectivity index (χ3v) is 3.01. The van der Waals surface area contributed by atoms with Crippen LogP contribution >= 0.6 is 23.2 Å². The molecule has 0 aliphatic heterocycles. The average Bonchev–Trinajstić information content (AvgIpc) is 2.38. The van der Waals surface area contributed by atoms with Crippen molar-refractivity contribution in [3.8, 4) is 5.75 Å². The van der Waals surface area contributed by atoms with E-state index >= 15 is 0 Å². The van der Waals surface area contributed by atoms with Crippen LogP contribution in [0.25, 0.3) is 0 Å². The fraction of sp³-hybridized carbons (Fsp3) is 0.154. The van der Waals surface area contributed by atoms with Crippen LogP contribution in [0.1, 0.15) is 5.56 Å². The molecule has 2 aromatic rings. The zero-order chi connectivity index (χ0) is 13.0. The van der Waals surface area contributed by atoms with Gasteiger partial charge in [-0.15, -0.1) is 0 Å². The Morgan fingerprint density at radius 3 is 2.83 bits per heavy atom. The summed E-state index contributed by atoms with van der Waals surface area (Å²) in [5.74, 6) is 0.784. The Balaban J connectivity index is 2.15. The quantitative estimate of drug-likeness (QED) is 0.861. The van der Waals surface area contributed by atoms with Gasteiger partial charge in [0.05, 0.1) is 12.8 Å². The SMILES string of the molecule is COc1ccc(Cl)cc1CNc1cccnc1Cl. The van der Waals surface area contributed by atoms with Gasteiger partial charge in [0.15, 0.2) is 5.15 Å². The summed E-state index contributed by atoms with van der Waals surface area (Å²) in [5, 5.41) is 4.31. The molecule has 0 unspecified atom stereocenters. The van der Waals surface area contributed by atoms with Gasteiger partial charge in [0, 0.05) is 23.3 Å². The van der Waals surface area contributed by atoms with Gasteiger partial charge in [-0.2, -0.15) is 0 Å². The van der Waals surface area contributed by atoms with E-state index in [2.05, 4.69) is 10.3 Å². The first kappa shape index (κ1) is 13.0. The molecule has 1 aromatic heterocycles. The fourth-order valence-electron chi connectivity index (χ4n) is 1.59. The number of aromatic nitrogens is 1. The molecule has 5 heteroatoms. The molecular weight excluding hydrogens is 271 g/mol. The van der Waals surface area contributed by atoms with Crippen LogP contribution in [0.3, 0.4) is 0 Å². The van der Waals surface area contributed by atoms with Gasteiger partial charge in [-0.1, -0.05) is 23.2 Å². The van der Waals surface area contributed by atoms with E-state index < -0.39 is 0 Å². The van der Waals surface area contributed by atoms with Crippen LogP contribution in [-0.2, 0) is 6.54 Å². The zero-order valence-electron chi connectivity index (χ0n) is 9.78. The maximum atomic E-state index is 5.97. The van der Waals surface area contributed by atoms with E-state index in [0.717, 1.165) is 17.0 Å². The lowest BCUT2D eigenvalue weighted by Gasteiger charge is -2.11. The van der Waals surface area contributed by atoms with E-state index in [1.165, 1.54) is 0 Å². The maximum Gasteiger partial charge on any atom is 0.152 e. The predicted octanol–water partition coefficient (Wildman–Crippen LogP) is 4.01. The van der Waals surface area contributed by atoms with Crippen molar-refractivity contribution in [2.45, 2.75) is 6.54 Å². The molecule has 0 bridgehead atoms. The van der Waals surface area contributed by atoms with Crippen molar-refractivity contribution < 1.29 is 4.74 Å². The van der Waals surface area contributed by atoms with Crippen molar-refractivity contribution in [2.24, 2.45) is 0 Å². The molecule has 0 atom stereocenters. The molecule has 0 saturated heterocycles. The van der Waals surface area contributed by atoms with Crippen LogP contribution in [0.4, 0.5) is 5.69 Å². The molecule has 1 aromatic carbocycles. The number of hydrogen-bond donors (Lipinski definition) is 1. The number of ether oxygens (including phenoxy) is 1. The smallest absolute Gasteiger partial charge is 0.152 e. The van der Waals surface area contributed by atoms with Crippen LogP contribution in [0.15, 0.2) is 36.5 Å². The molecule has 94 valence electrons. The lowest BCUT2D eigenvalue weighted by Crippen LogP contribution is -2.02. The largest absolute Gasteiger partial charge is 0.496 e. The Morgan fingerprint density at radius 1 is 1.28 bits per heavy atom. The van der Waals surface area contributed by atoms with E-state index in [1.54, 1.807) is 19.4 Å². The standard InChI is InChI=1S/C13H12Cl2N2O/c1-18-12-5-4-10(14)7-9(12)8-17-11-3-2-6-16-13(11)15/h2-7,17H,8H2,1H3. The highest BCUT2D eigenvalue weighted by atomic mass is 35.5. The van der Waals surface area contributed by atoms with Crippen molar-refractivity contribution in [3.05, 3.63) is 52.3 Å². The van der Waals surface area contributed by atoms with Crippen LogP contribution in [0.5, 0.6) is 5.75 Å². The molecule has 0 radical (unpaired) electrons. The van der Waals surface area contributed by atoms with Gasteiger partial charge in [0.2, 0.25) is 0 Å². The van der Waals surface area contributed by atoms with Gasteiger partial charge in [-0.05, 0) is 30.3 Å². The van der Waals surface area contributed by atoms with Crippen LogP contribution < -0.4 is 10.1 Å². The van der Waals surface area contributed by atoms with E-state index in [0.29, 0.717) is 16.7 Å². The molecule has 1 heterocycles. The van der Waals surface area contributed by atoms with Gasteiger partial charge in [-0.3, -0.25) is 0 Å². The summed E-state index contributed by atoms with van der Waals surface area (Å²) in [6.07, 6.45) is 1.65. The predicted molar refractivity (Wildman–Crippen MR) is 74.6 cm³/mol. The third kappa shape index (κ3) is 3.06. The number of hydrogen-bond acceptors (Lipinski definition) is 3. The highest BCUT2D eigenvalue weighted by Crippen LogP contribution is 2.25. The zero-order valence-corrected chi connectivity index (χ0v) is 11.3. The minimum atomic E-state index is 0.443. The molecule has 18 heavy (non-hydrogen) atoms. The normalized spacial score (nSPS) is 10.2. The van der Waals surface area contributed by atoms with E-state index in [1.807, 2.05) is 24.3 Å². The maximum absolute atomic E-state index is 5.97. The third-order valence-electron chi connectivity index (χ3n) is 2.47. The first-order valence-electron chi connectivity index (χ1n) is 5.37. The number of halogens is 2. The first-order valence-corrected chi connectivity index (χ1v) is 6.13. The lowest BCUT2D eigenvalue weighted by atomic mass is 10.2. The lowest BCUT2D eigenvalue weighted by molar-refractivity contribution is 0.410. The summed E-state index contributed by atoms with van der Waals surface area (Å²) in [7, 11) is 1.63. The fourth-order valence-corrected chi connectivity index (χ4v) is 1.97. The summed E-state index contributed by atoms with van der Waals surface area (Å²) in [5.41, 5.74) is 1.74. The summed E-state index contributed by atoms with van der Waals surface area (Å²) < 4.78 is 5.27. The highest BCUT2D eigenvalue weighted by Gasteiger charge is 2.05. The van der Waals surface area contributed by atoms with Crippen molar-refractivity contribution in [1.29, 1.82) is 0 Å². The Labute approximate surface area is 116 Å². The minimum Gasteiger partial charge on any atom is -0.496 e. The number of anilines is 1. The van der Waals surface area contributed by atoms with E-state index in [9.17, 15) is 0 Å². The number of benzene rings is 1. The Kier molecular flexibility index (Phi) is 4.28. The molecule has 3 nitrogen and oxygen atoms in total. The summed E-state index contributed by atoms with van der Waals surface area (Å²) >= 11 is 11.9. The topological polar surface area (TPSA) is 34.1 Å². The second kappa shape index (κ2) is 5.94. The summed E-state index contributed by atoms with van der Waals surface area (Å²) in [6.45, 7) is 0.565. The molecule has 0 amide bonds. The van der Waals surface area contributed by atoms with Crippen molar-refractivity contribution >= 4 is 28.9 Å². The van der Waals surface area contributed by atoms with Crippen molar-refractivity contribution in [1.82, 2.24) is 4.98 Å². The van der Waals surface area contributed by atoms with Crippen LogP contribution in [-0.4, -0.2) is 12.1 Å². The average molecular weight is 283 g/mol. The molecule has 0 fully saturated rings. The molecular formula is C13H12Cl2N2O. The van der Waals surface area contributed by atoms with Crippen molar-refractivity contribution in [3.63, 3.8) is 0 Å². The molecule has 0 aliphatic carbocycles. The second-order valence-corrected chi connectivity index (χ2v) is 4.45. The Bertz CT molecular complexity index is 546. The Morgan fingerprint density at radius 2 is 2.11 bits per heavy atom. The van der Waals surface area contributed by atoms with Gasteiger partial charge >= 0.3 is 0 Å². The second-order valence-electron chi connectivity index (χ2n) is 3.65. The number of nitrogens with one attached hydrogen (secondary N) is 1. The molecule has 1 N–H and O–H groups in total. The van der Waals surface area contributed by atoms with E-state index in [4.69, 9.17) is 27.9 Å². The first-order chi connectivity index (χ1) is 8.70. The van der Waals surface area contributed by atoms with Gasteiger partial charge in [0.1, 0.15) is 5.75 Å². The Hall–Kier alpha value is -1.45. The molecule has 2 rings (SSSR count). The van der Waals surface area contributed by atoms with Gasteiger partial charge in [-0.25, -0.2) is 4.98 Å². The van der Waals surface area contributed by atoms with Crippen LogP contribution in [0.2, 0.25) is 10.2 Å². The van der Waals surface area contributed by atoms with Gasteiger partial charge < -0.3 is 10.1 Å². The molecule has 0 saturated carbocycles. The number of nitrogens with zero attached hydrogens (tertiary/aromatic N) is 1. The highest BCUT2D eigenvalue weighted by molar-refractivity contribution is 6.32. The van der Waals surface area contributed by atoms with Crippen LogP contribution in [0, 0.1) is 0 Å². The number of pyridine rings is 1. The van der Waals surface area contributed by atoms with E-state index in [-0.39, 0.29) is 0 Å². The molecule has 0 spiro atoms. The monoisotopic (exact) mass is 282 g/mol. The summed E-state index contributed by atoms with van der Waals surface area (Å²) in [4.78, 5) is 4.00. The summed E-state index contributed by atoms with van der Waals surface area (Å²) in [6, 6.07) is 9.18. The van der Waals surface area contributed by atoms with Gasteiger partial charge in [0.25, 0.3) is 0 Å². The van der Waals surface area contributed by atoms with Crippen molar-refractivity contribution in [2.75, 3.05) is 12.4 Å². The number of methoxy groups -OCH3 is 1. The number of rotatable bonds is 4. The minimum absolute atomic E-state index is 0.443.